The standard InChI is InChI=1S/C27H25NO5/c1-16-9-8-12-20(17(16)2)28-24(18-10-6-5-7-11-18)23(26(30)27(28)31)25(29)19-13-14-21(32-3)22(15-19)33-4/h5-15,24,29H,1-4H3/b25-23+. The van der Waals surface area contributed by atoms with Crippen molar-refractivity contribution >= 4 is 23.1 Å². The largest absolute Gasteiger partial charge is 0.507 e. The number of ketones is 1. The molecule has 0 bridgehead atoms. The van der Waals surface area contributed by atoms with Gasteiger partial charge in [-0.05, 0) is 54.8 Å². The average Bonchev–Trinajstić information content (AvgIpc) is 3.10. The molecule has 1 heterocycles. The second kappa shape index (κ2) is 8.82. The number of carbonyl (C=O) groups excluding carboxylic acids is 2. The van der Waals surface area contributed by atoms with E-state index < -0.39 is 17.7 Å². The number of aryl methyl sites for hydroxylation is 1. The Morgan fingerprint density at radius 3 is 2.24 bits per heavy atom. The molecule has 33 heavy (non-hydrogen) atoms. The predicted octanol–water partition coefficient (Wildman–Crippen LogP) is 4.95. The van der Waals surface area contributed by atoms with E-state index in [2.05, 4.69) is 0 Å². The Balaban J connectivity index is 1.96. The Kier molecular flexibility index (Phi) is 5.92. The first-order valence-corrected chi connectivity index (χ1v) is 10.5. The molecule has 1 saturated heterocycles. The lowest BCUT2D eigenvalue weighted by molar-refractivity contribution is -0.132. The second-order valence-electron chi connectivity index (χ2n) is 7.87. The minimum Gasteiger partial charge on any atom is -0.507 e. The second-order valence-corrected chi connectivity index (χ2v) is 7.87. The van der Waals surface area contributed by atoms with E-state index in [-0.39, 0.29) is 11.3 Å². The molecule has 4 rings (SSSR count). The fraction of sp³-hybridized carbons (Fsp3) is 0.185. The number of rotatable bonds is 5. The number of anilines is 1. The number of carbonyl (C=O) groups is 2. The van der Waals surface area contributed by atoms with Crippen molar-refractivity contribution < 1.29 is 24.2 Å². The summed E-state index contributed by atoms with van der Waals surface area (Å²) < 4.78 is 10.6. The molecule has 1 aliphatic heterocycles. The quantitative estimate of drug-likeness (QED) is 0.343. The summed E-state index contributed by atoms with van der Waals surface area (Å²) in [5, 5.41) is 11.3. The highest BCUT2D eigenvalue weighted by atomic mass is 16.5. The van der Waals surface area contributed by atoms with Crippen LogP contribution in [0.4, 0.5) is 5.69 Å². The summed E-state index contributed by atoms with van der Waals surface area (Å²) in [6.45, 7) is 3.87. The van der Waals surface area contributed by atoms with Gasteiger partial charge in [-0.15, -0.1) is 0 Å². The molecule has 6 nitrogen and oxygen atoms in total. The number of ether oxygens (including phenoxy) is 2. The molecule has 0 radical (unpaired) electrons. The minimum absolute atomic E-state index is 0.0272. The Bertz CT molecular complexity index is 1260. The zero-order valence-electron chi connectivity index (χ0n) is 19.0. The zero-order chi connectivity index (χ0) is 23.7. The summed E-state index contributed by atoms with van der Waals surface area (Å²) >= 11 is 0. The van der Waals surface area contributed by atoms with Gasteiger partial charge in [0.15, 0.2) is 11.5 Å². The summed E-state index contributed by atoms with van der Waals surface area (Å²) in [6.07, 6.45) is 0. The highest BCUT2D eigenvalue weighted by Gasteiger charge is 2.47. The maximum absolute atomic E-state index is 13.3. The van der Waals surface area contributed by atoms with E-state index in [4.69, 9.17) is 9.47 Å². The molecular formula is C27H25NO5. The Hall–Kier alpha value is -4.06. The van der Waals surface area contributed by atoms with Crippen LogP contribution in [0, 0.1) is 13.8 Å². The van der Waals surface area contributed by atoms with Gasteiger partial charge in [-0.3, -0.25) is 14.5 Å². The monoisotopic (exact) mass is 443 g/mol. The SMILES string of the molecule is COc1ccc(/C(O)=C2\C(=O)C(=O)N(c3cccc(C)c3C)C2c2ccccc2)cc1OC. The Morgan fingerprint density at radius 2 is 1.58 bits per heavy atom. The molecule has 0 saturated carbocycles. The van der Waals surface area contributed by atoms with Crippen molar-refractivity contribution in [2.24, 2.45) is 0 Å². The fourth-order valence-electron chi connectivity index (χ4n) is 4.17. The van der Waals surface area contributed by atoms with E-state index >= 15 is 0 Å². The number of aliphatic hydroxyl groups is 1. The van der Waals surface area contributed by atoms with Crippen LogP contribution in [0.1, 0.15) is 28.3 Å². The first-order valence-electron chi connectivity index (χ1n) is 10.5. The van der Waals surface area contributed by atoms with Gasteiger partial charge < -0.3 is 14.6 Å². The van der Waals surface area contributed by atoms with Crippen LogP contribution >= 0.6 is 0 Å². The third-order valence-electron chi connectivity index (χ3n) is 6.05. The molecule has 1 aliphatic rings. The van der Waals surface area contributed by atoms with Gasteiger partial charge in [0.05, 0.1) is 25.8 Å². The number of nitrogens with zero attached hydrogens (tertiary/aromatic N) is 1. The molecule has 0 aromatic heterocycles. The van der Waals surface area contributed by atoms with Crippen molar-refractivity contribution in [3.8, 4) is 11.5 Å². The molecular weight excluding hydrogens is 418 g/mol. The van der Waals surface area contributed by atoms with Crippen molar-refractivity contribution in [1.29, 1.82) is 0 Å². The van der Waals surface area contributed by atoms with Crippen molar-refractivity contribution in [2.45, 2.75) is 19.9 Å². The molecule has 1 unspecified atom stereocenters. The smallest absolute Gasteiger partial charge is 0.300 e. The molecule has 168 valence electrons. The highest BCUT2D eigenvalue weighted by Crippen LogP contribution is 2.44. The summed E-state index contributed by atoms with van der Waals surface area (Å²) in [5.74, 6) is -0.793. The van der Waals surface area contributed by atoms with E-state index in [0.29, 0.717) is 22.7 Å². The lowest BCUT2D eigenvalue weighted by Crippen LogP contribution is -2.30. The van der Waals surface area contributed by atoms with Gasteiger partial charge >= 0.3 is 0 Å². The third kappa shape index (κ3) is 3.74. The van der Waals surface area contributed by atoms with Crippen molar-refractivity contribution in [3.05, 3.63) is 94.6 Å². The fourth-order valence-corrected chi connectivity index (χ4v) is 4.17. The van der Waals surface area contributed by atoms with Crippen LogP contribution in [-0.2, 0) is 9.59 Å². The molecule has 1 atom stereocenters. The molecule has 0 aliphatic carbocycles. The van der Waals surface area contributed by atoms with Gasteiger partial charge in [0.1, 0.15) is 5.76 Å². The number of amides is 1. The lowest BCUT2D eigenvalue weighted by Gasteiger charge is -2.27. The minimum atomic E-state index is -0.778. The Labute approximate surface area is 192 Å². The third-order valence-corrected chi connectivity index (χ3v) is 6.05. The molecule has 1 amide bonds. The van der Waals surface area contributed by atoms with Gasteiger partial charge in [-0.25, -0.2) is 0 Å². The van der Waals surface area contributed by atoms with E-state index in [1.54, 1.807) is 18.2 Å². The predicted molar refractivity (Wildman–Crippen MR) is 127 cm³/mol. The first-order chi connectivity index (χ1) is 15.9. The number of hydrogen-bond acceptors (Lipinski definition) is 5. The summed E-state index contributed by atoms with van der Waals surface area (Å²) in [4.78, 5) is 28.1. The number of Topliss-reactive ketones (excluding diaryl/α,β-unsaturated/α-hetero) is 1. The van der Waals surface area contributed by atoms with E-state index in [0.717, 1.165) is 16.7 Å². The van der Waals surface area contributed by atoms with Crippen LogP contribution in [0.3, 0.4) is 0 Å². The summed E-state index contributed by atoms with van der Waals surface area (Å²) in [6, 6.07) is 18.9. The summed E-state index contributed by atoms with van der Waals surface area (Å²) in [5.41, 5.74) is 3.64. The van der Waals surface area contributed by atoms with Crippen molar-refractivity contribution in [1.82, 2.24) is 0 Å². The number of aliphatic hydroxyl groups excluding tert-OH is 1. The van der Waals surface area contributed by atoms with Crippen LogP contribution < -0.4 is 14.4 Å². The van der Waals surface area contributed by atoms with Crippen molar-refractivity contribution in [3.63, 3.8) is 0 Å². The zero-order valence-corrected chi connectivity index (χ0v) is 19.0. The van der Waals surface area contributed by atoms with Crippen LogP contribution in [0.15, 0.2) is 72.3 Å². The van der Waals surface area contributed by atoms with Crippen LogP contribution in [0.25, 0.3) is 5.76 Å². The topological polar surface area (TPSA) is 76.1 Å². The number of methoxy groups -OCH3 is 2. The number of benzene rings is 3. The highest BCUT2D eigenvalue weighted by molar-refractivity contribution is 6.51. The number of hydrogen-bond donors (Lipinski definition) is 1. The Morgan fingerprint density at radius 1 is 0.879 bits per heavy atom. The van der Waals surface area contributed by atoms with Crippen molar-refractivity contribution in [2.75, 3.05) is 19.1 Å². The maximum Gasteiger partial charge on any atom is 0.300 e. The molecule has 1 N–H and O–H groups in total. The lowest BCUT2D eigenvalue weighted by atomic mass is 9.94. The van der Waals surface area contributed by atoms with Crippen LogP contribution in [0.5, 0.6) is 11.5 Å². The first kappa shape index (κ1) is 22.1. The molecule has 0 spiro atoms. The van der Waals surface area contributed by atoms with E-state index in [1.807, 2.05) is 62.4 Å². The molecule has 1 fully saturated rings. The average molecular weight is 443 g/mol. The molecule has 3 aromatic rings. The van der Waals surface area contributed by atoms with Gasteiger partial charge in [0, 0.05) is 11.3 Å². The van der Waals surface area contributed by atoms with Crippen LogP contribution in [0.2, 0.25) is 0 Å². The van der Waals surface area contributed by atoms with E-state index in [9.17, 15) is 14.7 Å². The van der Waals surface area contributed by atoms with Gasteiger partial charge in [-0.1, -0.05) is 42.5 Å². The van der Waals surface area contributed by atoms with Gasteiger partial charge in [0.2, 0.25) is 0 Å². The molecule has 3 aromatic carbocycles. The van der Waals surface area contributed by atoms with Crippen LogP contribution in [-0.4, -0.2) is 31.0 Å². The normalized spacial score (nSPS) is 17.3. The van der Waals surface area contributed by atoms with E-state index in [1.165, 1.54) is 19.1 Å². The molecule has 6 heteroatoms. The summed E-state index contributed by atoms with van der Waals surface area (Å²) in [7, 11) is 3.01. The van der Waals surface area contributed by atoms with Gasteiger partial charge in [0.25, 0.3) is 11.7 Å². The van der Waals surface area contributed by atoms with Gasteiger partial charge in [-0.2, -0.15) is 0 Å². The maximum atomic E-state index is 13.3.